The van der Waals surface area contributed by atoms with Crippen molar-refractivity contribution in [2.75, 3.05) is 24.5 Å². The van der Waals surface area contributed by atoms with Gasteiger partial charge in [0, 0.05) is 56.0 Å². The third-order valence-corrected chi connectivity index (χ3v) is 8.25. The van der Waals surface area contributed by atoms with Gasteiger partial charge in [0.05, 0.1) is 17.4 Å². The highest BCUT2D eigenvalue weighted by Gasteiger charge is 2.70. The Labute approximate surface area is 229 Å². The van der Waals surface area contributed by atoms with Crippen LogP contribution in [0.4, 0.5) is 14.9 Å². The molecule has 1 N–H and O–H groups in total. The smallest absolute Gasteiger partial charge is 0.328 e. The van der Waals surface area contributed by atoms with Gasteiger partial charge in [-0.25, -0.2) is 9.18 Å². The number of likely N-dealkylation sites (tertiary alicyclic amines) is 1. The zero-order valence-corrected chi connectivity index (χ0v) is 22.1. The van der Waals surface area contributed by atoms with Gasteiger partial charge < -0.3 is 9.26 Å². The number of aromatic nitrogens is 3. The predicted octanol–water partition coefficient (Wildman–Crippen LogP) is 4.07. The van der Waals surface area contributed by atoms with E-state index in [4.69, 9.17) is 9.26 Å². The first-order valence-electron chi connectivity index (χ1n) is 13.3. The average Bonchev–Trinajstić information content (AvgIpc) is 3.34. The van der Waals surface area contributed by atoms with Crippen LogP contribution in [0.25, 0.3) is 22.3 Å². The summed E-state index contributed by atoms with van der Waals surface area (Å²) >= 11 is 0. The first kappa shape index (κ1) is 24.8. The molecule has 3 amide bonds. The molecule has 2 aromatic carbocycles. The lowest BCUT2D eigenvalue weighted by molar-refractivity contribution is -0.120. The number of amides is 3. The van der Waals surface area contributed by atoms with E-state index in [0.29, 0.717) is 46.8 Å². The molecule has 4 aromatic rings. The normalized spacial score (nSPS) is 24.7. The zero-order valence-electron chi connectivity index (χ0n) is 22.1. The van der Waals surface area contributed by atoms with Crippen molar-refractivity contribution >= 4 is 28.5 Å². The molecular weight excluding hydrogens is 515 g/mol. The topological polar surface area (TPSA) is 117 Å². The summed E-state index contributed by atoms with van der Waals surface area (Å²) in [5.41, 5.74) is 2.26. The van der Waals surface area contributed by atoms with Gasteiger partial charge in [-0.2, -0.15) is 4.98 Å². The molecule has 0 aliphatic carbocycles. The molecule has 0 spiro atoms. The highest BCUT2D eigenvalue weighted by atomic mass is 19.1. The number of rotatable bonds is 5. The van der Waals surface area contributed by atoms with E-state index in [1.165, 1.54) is 11.1 Å². The van der Waals surface area contributed by atoms with Crippen molar-refractivity contribution in [2.45, 2.75) is 44.4 Å². The SMILES string of the molecule is Cc1nc(-c2ccc(CN3CCC4(c5ccc6ncc(N7CCC(=O)NC7=O)cc6c5F)OC4(C)C3)cc2)no1. The van der Waals surface area contributed by atoms with Crippen LogP contribution in [0.15, 0.2) is 53.2 Å². The number of hydrogen-bond donors (Lipinski definition) is 1. The van der Waals surface area contributed by atoms with Gasteiger partial charge >= 0.3 is 6.03 Å². The molecule has 0 radical (unpaired) electrons. The summed E-state index contributed by atoms with van der Waals surface area (Å²) in [5.74, 6) is 0.389. The molecule has 3 saturated heterocycles. The van der Waals surface area contributed by atoms with Gasteiger partial charge in [-0.3, -0.25) is 24.9 Å². The van der Waals surface area contributed by atoms with Crippen LogP contribution in [0.1, 0.15) is 36.8 Å². The van der Waals surface area contributed by atoms with Crippen molar-refractivity contribution in [3.05, 3.63) is 71.5 Å². The second-order valence-corrected chi connectivity index (χ2v) is 10.9. The molecule has 3 aliphatic rings. The van der Waals surface area contributed by atoms with Crippen LogP contribution < -0.4 is 10.2 Å². The van der Waals surface area contributed by atoms with Crippen LogP contribution in [0.2, 0.25) is 0 Å². The maximum absolute atomic E-state index is 16.1. The van der Waals surface area contributed by atoms with Crippen LogP contribution in [0.5, 0.6) is 0 Å². The molecule has 0 bridgehead atoms. The van der Waals surface area contributed by atoms with Gasteiger partial charge in [-0.15, -0.1) is 0 Å². The minimum Gasteiger partial charge on any atom is -0.356 e. The molecule has 7 rings (SSSR count). The molecule has 2 aromatic heterocycles. The van der Waals surface area contributed by atoms with Crippen LogP contribution in [0, 0.1) is 12.7 Å². The minimum absolute atomic E-state index is 0.181. The van der Waals surface area contributed by atoms with Crippen molar-refractivity contribution in [1.82, 2.24) is 25.3 Å². The summed E-state index contributed by atoms with van der Waals surface area (Å²) in [7, 11) is 0. The fraction of sp³-hybridized carbons (Fsp3) is 0.345. The van der Waals surface area contributed by atoms with E-state index < -0.39 is 17.2 Å². The Kier molecular flexibility index (Phi) is 5.52. The molecule has 10 nitrogen and oxygen atoms in total. The van der Waals surface area contributed by atoms with Gasteiger partial charge in [0.25, 0.3) is 0 Å². The summed E-state index contributed by atoms with van der Waals surface area (Å²) in [5, 5.41) is 6.59. The summed E-state index contributed by atoms with van der Waals surface area (Å²) in [6, 6.07) is 12.8. The number of carbonyl (C=O) groups is 2. The third kappa shape index (κ3) is 3.96. The molecule has 11 heteroatoms. The average molecular weight is 543 g/mol. The molecule has 5 heterocycles. The van der Waals surface area contributed by atoms with Gasteiger partial charge in [-0.1, -0.05) is 35.5 Å². The Morgan fingerprint density at radius 3 is 2.67 bits per heavy atom. The van der Waals surface area contributed by atoms with Crippen molar-refractivity contribution < 1.29 is 23.2 Å². The van der Waals surface area contributed by atoms with Crippen LogP contribution in [-0.2, 0) is 21.7 Å². The number of urea groups is 1. The number of piperidine rings is 1. The Morgan fingerprint density at radius 1 is 1.12 bits per heavy atom. The van der Waals surface area contributed by atoms with E-state index >= 15 is 4.39 Å². The van der Waals surface area contributed by atoms with E-state index in [9.17, 15) is 9.59 Å². The van der Waals surface area contributed by atoms with Gasteiger partial charge in [0.2, 0.25) is 17.6 Å². The summed E-state index contributed by atoms with van der Waals surface area (Å²) in [6.07, 6.45) is 2.36. The first-order chi connectivity index (χ1) is 19.2. The van der Waals surface area contributed by atoms with Gasteiger partial charge in [0.15, 0.2) is 0 Å². The number of aryl methyl sites for hydroxylation is 1. The van der Waals surface area contributed by atoms with E-state index in [0.717, 1.165) is 24.2 Å². The number of benzene rings is 2. The number of anilines is 1. The number of epoxide rings is 1. The number of nitrogens with one attached hydrogen (secondary N) is 1. The Hall–Kier alpha value is -4.22. The number of halogens is 1. The van der Waals surface area contributed by atoms with Crippen molar-refractivity contribution in [2.24, 2.45) is 0 Å². The van der Waals surface area contributed by atoms with E-state index in [-0.39, 0.29) is 24.7 Å². The number of carbonyl (C=O) groups excluding carboxylic acids is 2. The largest absolute Gasteiger partial charge is 0.356 e. The molecule has 2 atom stereocenters. The Bertz CT molecular complexity index is 1670. The number of ether oxygens (including phenoxy) is 1. The van der Waals surface area contributed by atoms with Crippen molar-refractivity contribution in [3.8, 4) is 11.4 Å². The van der Waals surface area contributed by atoms with Crippen LogP contribution in [-0.4, -0.2) is 57.2 Å². The quantitative estimate of drug-likeness (QED) is 0.375. The maximum Gasteiger partial charge on any atom is 0.328 e. The molecule has 0 saturated carbocycles. The lowest BCUT2D eigenvalue weighted by atomic mass is 9.80. The molecule has 2 unspecified atom stereocenters. The molecule has 40 heavy (non-hydrogen) atoms. The van der Waals surface area contributed by atoms with Crippen LogP contribution >= 0.6 is 0 Å². The minimum atomic E-state index is -0.715. The summed E-state index contributed by atoms with van der Waals surface area (Å²) in [4.78, 5) is 36.3. The third-order valence-electron chi connectivity index (χ3n) is 8.25. The monoisotopic (exact) mass is 542 g/mol. The number of imide groups is 1. The Balaban J connectivity index is 1.10. The number of pyridine rings is 1. The van der Waals surface area contributed by atoms with E-state index in [1.807, 2.05) is 19.1 Å². The maximum atomic E-state index is 16.1. The molecule has 204 valence electrons. The van der Waals surface area contributed by atoms with E-state index in [2.05, 4.69) is 37.5 Å². The molecule has 3 aliphatic heterocycles. The second-order valence-electron chi connectivity index (χ2n) is 10.9. The van der Waals surface area contributed by atoms with Gasteiger partial charge in [-0.05, 0) is 31.0 Å². The number of fused-ring (bicyclic) bond motifs is 2. The van der Waals surface area contributed by atoms with Crippen molar-refractivity contribution in [1.29, 1.82) is 0 Å². The fourth-order valence-corrected chi connectivity index (χ4v) is 6.12. The van der Waals surface area contributed by atoms with Crippen molar-refractivity contribution in [3.63, 3.8) is 0 Å². The molecule has 3 fully saturated rings. The standard InChI is InChI=1S/C29H27FN6O4/c1-17-32-26(34-39-17)19-5-3-18(4-6-19)15-35-12-10-29(28(2,16-35)40-29)22-7-8-23-21(25(22)30)13-20(14-31-23)36-11-9-24(37)33-27(36)38/h3-8,13-14H,9-12,15-16H2,1-2H3,(H,33,37,38). The summed E-state index contributed by atoms with van der Waals surface area (Å²) in [6.45, 7) is 6.18. The lowest BCUT2D eigenvalue weighted by Crippen LogP contribution is -2.49. The number of hydrogen-bond acceptors (Lipinski definition) is 8. The summed E-state index contributed by atoms with van der Waals surface area (Å²) < 4.78 is 27.5. The zero-order chi connectivity index (χ0) is 27.6. The van der Waals surface area contributed by atoms with E-state index in [1.54, 1.807) is 25.1 Å². The highest BCUT2D eigenvalue weighted by molar-refractivity contribution is 6.06. The highest BCUT2D eigenvalue weighted by Crippen LogP contribution is 2.61. The van der Waals surface area contributed by atoms with Gasteiger partial charge in [0.1, 0.15) is 17.0 Å². The lowest BCUT2D eigenvalue weighted by Gasteiger charge is -2.33. The number of nitrogens with zero attached hydrogens (tertiary/aromatic N) is 5. The Morgan fingerprint density at radius 2 is 1.95 bits per heavy atom. The molecular formula is C29H27FN6O4. The second kappa shape index (κ2) is 8.90. The van der Waals surface area contributed by atoms with Crippen LogP contribution in [0.3, 0.4) is 0 Å². The first-order valence-corrected chi connectivity index (χ1v) is 13.3. The predicted molar refractivity (Wildman–Crippen MR) is 143 cm³/mol. The fourth-order valence-electron chi connectivity index (χ4n) is 6.12.